The van der Waals surface area contributed by atoms with E-state index in [1.54, 1.807) is 0 Å². The molecule has 0 bridgehead atoms. The third kappa shape index (κ3) is 3.30. The van der Waals surface area contributed by atoms with E-state index in [0.29, 0.717) is 0 Å². The van der Waals surface area contributed by atoms with Crippen LogP contribution in [0, 0.1) is 11.7 Å². The van der Waals surface area contributed by atoms with Crippen molar-refractivity contribution in [1.82, 2.24) is 0 Å². The Morgan fingerprint density at radius 3 is 2.37 bits per heavy atom. The highest BCUT2D eigenvalue weighted by atomic mass is 19.4. The SMILES string of the molecule is CCOC(=O)C1=C(c2ccc(OC)c(F)c2OC)C(C)C(C)(C(F)(F)F)O1. The fourth-order valence-electron chi connectivity index (χ4n) is 2.94. The maximum atomic E-state index is 14.6. The number of hydrogen-bond acceptors (Lipinski definition) is 5. The van der Waals surface area contributed by atoms with E-state index in [1.807, 2.05) is 0 Å². The summed E-state index contributed by atoms with van der Waals surface area (Å²) in [6.07, 6.45) is -4.79. The van der Waals surface area contributed by atoms with Crippen molar-refractivity contribution in [3.05, 3.63) is 29.3 Å². The van der Waals surface area contributed by atoms with Crippen LogP contribution in [0.2, 0.25) is 0 Å². The zero-order valence-electron chi connectivity index (χ0n) is 15.5. The Labute approximate surface area is 153 Å². The highest BCUT2D eigenvalue weighted by molar-refractivity contribution is 5.98. The molecule has 5 nitrogen and oxygen atoms in total. The van der Waals surface area contributed by atoms with Gasteiger partial charge in [-0.2, -0.15) is 17.6 Å². The highest BCUT2D eigenvalue weighted by Gasteiger charge is 2.63. The molecule has 0 N–H and O–H groups in total. The summed E-state index contributed by atoms with van der Waals surface area (Å²) < 4.78 is 75.4. The standard InChI is InChI=1S/C18H20F4O5/c1-6-26-16(23)15-12(9(2)17(3,27-15)18(20,21)22)10-7-8-11(24-4)13(19)14(10)25-5/h7-9H,6H2,1-5H3. The molecule has 1 aromatic carbocycles. The smallest absolute Gasteiger partial charge is 0.428 e. The predicted molar refractivity (Wildman–Crippen MR) is 87.8 cm³/mol. The second kappa shape index (κ2) is 7.28. The van der Waals surface area contributed by atoms with Crippen molar-refractivity contribution in [2.45, 2.75) is 32.5 Å². The molecule has 1 aromatic rings. The van der Waals surface area contributed by atoms with Crippen molar-refractivity contribution in [1.29, 1.82) is 0 Å². The number of carbonyl (C=O) groups is 1. The molecular formula is C18H20F4O5. The molecule has 0 aromatic heterocycles. The van der Waals surface area contributed by atoms with Gasteiger partial charge in [-0.15, -0.1) is 0 Å². The maximum Gasteiger partial charge on any atom is 0.428 e. The average molecular weight is 392 g/mol. The van der Waals surface area contributed by atoms with Crippen LogP contribution < -0.4 is 9.47 Å². The zero-order chi connectivity index (χ0) is 20.6. The van der Waals surface area contributed by atoms with Gasteiger partial charge in [0.2, 0.25) is 17.2 Å². The molecule has 2 unspecified atom stereocenters. The summed E-state index contributed by atoms with van der Waals surface area (Å²) in [6, 6.07) is 2.55. The van der Waals surface area contributed by atoms with Gasteiger partial charge in [-0.3, -0.25) is 0 Å². The summed E-state index contributed by atoms with van der Waals surface area (Å²) in [4.78, 5) is 12.3. The Morgan fingerprint density at radius 1 is 1.26 bits per heavy atom. The summed E-state index contributed by atoms with van der Waals surface area (Å²) >= 11 is 0. The second-order valence-electron chi connectivity index (χ2n) is 6.05. The number of halogens is 4. The lowest BCUT2D eigenvalue weighted by molar-refractivity contribution is -0.262. The van der Waals surface area contributed by atoms with Crippen molar-refractivity contribution in [2.75, 3.05) is 20.8 Å². The van der Waals surface area contributed by atoms with E-state index >= 15 is 0 Å². The van der Waals surface area contributed by atoms with Crippen LogP contribution in [0.25, 0.3) is 5.57 Å². The van der Waals surface area contributed by atoms with Crippen LogP contribution in [0.1, 0.15) is 26.3 Å². The van der Waals surface area contributed by atoms with Crippen LogP contribution in [-0.4, -0.2) is 38.6 Å². The molecule has 1 heterocycles. The topological polar surface area (TPSA) is 54.0 Å². The van der Waals surface area contributed by atoms with Crippen molar-refractivity contribution in [2.24, 2.45) is 5.92 Å². The van der Waals surface area contributed by atoms with Crippen molar-refractivity contribution in [3.63, 3.8) is 0 Å². The number of esters is 1. The van der Waals surface area contributed by atoms with E-state index in [4.69, 9.17) is 18.9 Å². The molecule has 2 rings (SSSR count). The Balaban J connectivity index is 2.74. The van der Waals surface area contributed by atoms with Gasteiger partial charge in [0.1, 0.15) is 0 Å². The molecule has 2 atom stereocenters. The van der Waals surface area contributed by atoms with Gasteiger partial charge in [0.25, 0.3) is 0 Å². The van der Waals surface area contributed by atoms with Crippen LogP contribution in [0.3, 0.4) is 0 Å². The Morgan fingerprint density at radius 2 is 1.89 bits per heavy atom. The normalized spacial score (nSPS) is 22.5. The van der Waals surface area contributed by atoms with Crippen LogP contribution in [0.5, 0.6) is 11.5 Å². The monoisotopic (exact) mass is 392 g/mol. The molecule has 0 radical (unpaired) electrons. The van der Waals surface area contributed by atoms with Gasteiger partial charge >= 0.3 is 12.1 Å². The Kier molecular flexibility index (Phi) is 5.63. The summed E-state index contributed by atoms with van der Waals surface area (Å²) in [6.45, 7) is 3.52. The lowest BCUT2D eigenvalue weighted by Crippen LogP contribution is -2.47. The molecule has 0 saturated heterocycles. The zero-order valence-corrected chi connectivity index (χ0v) is 15.5. The van der Waals surface area contributed by atoms with Crippen LogP contribution in [0.4, 0.5) is 17.6 Å². The first-order valence-electron chi connectivity index (χ1n) is 8.11. The van der Waals surface area contributed by atoms with Crippen molar-refractivity contribution in [3.8, 4) is 11.5 Å². The van der Waals surface area contributed by atoms with Gasteiger partial charge in [-0.1, -0.05) is 6.92 Å². The molecule has 1 aliphatic rings. The number of carbonyl (C=O) groups excluding carboxylic acids is 1. The molecule has 150 valence electrons. The number of methoxy groups -OCH3 is 2. The predicted octanol–water partition coefficient (Wildman–Crippen LogP) is 4.10. The number of hydrogen-bond donors (Lipinski definition) is 0. The molecule has 1 aliphatic heterocycles. The quantitative estimate of drug-likeness (QED) is 0.558. The molecule has 27 heavy (non-hydrogen) atoms. The lowest BCUT2D eigenvalue weighted by Gasteiger charge is -2.32. The van der Waals surface area contributed by atoms with Crippen LogP contribution in [-0.2, 0) is 14.3 Å². The number of benzene rings is 1. The maximum absolute atomic E-state index is 14.6. The van der Waals surface area contributed by atoms with E-state index < -0.39 is 35.2 Å². The largest absolute Gasteiger partial charge is 0.494 e. The molecule has 9 heteroatoms. The van der Waals surface area contributed by atoms with Crippen molar-refractivity contribution < 1.29 is 41.3 Å². The molecule has 0 fully saturated rings. The van der Waals surface area contributed by atoms with E-state index in [2.05, 4.69) is 0 Å². The fraction of sp³-hybridized carbons (Fsp3) is 0.500. The second-order valence-corrected chi connectivity index (χ2v) is 6.05. The Bertz CT molecular complexity index is 772. The van der Waals surface area contributed by atoms with E-state index in [0.717, 1.165) is 14.0 Å². The third-order valence-corrected chi connectivity index (χ3v) is 4.62. The fourth-order valence-corrected chi connectivity index (χ4v) is 2.94. The summed E-state index contributed by atoms with van der Waals surface area (Å²) in [7, 11) is 2.40. The van der Waals surface area contributed by atoms with Gasteiger partial charge < -0.3 is 18.9 Å². The van der Waals surface area contributed by atoms with Crippen LogP contribution >= 0.6 is 0 Å². The minimum atomic E-state index is -4.79. The molecule has 0 aliphatic carbocycles. The van der Waals surface area contributed by atoms with Gasteiger partial charge in [0.15, 0.2) is 11.5 Å². The first-order chi connectivity index (χ1) is 12.5. The Hall–Kier alpha value is -2.45. The van der Waals surface area contributed by atoms with Gasteiger partial charge in [0, 0.05) is 17.1 Å². The minimum absolute atomic E-state index is 0.0423. The van der Waals surface area contributed by atoms with Gasteiger partial charge in [-0.05, 0) is 26.0 Å². The first kappa shape index (κ1) is 20.9. The van der Waals surface area contributed by atoms with Crippen LogP contribution in [0.15, 0.2) is 17.9 Å². The highest BCUT2D eigenvalue weighted by Crippen LogP contribution is 2.54. The lowest BCUT2D eigenvalue weighted by atomic mass is 9.82. The van der Waals surface area contributed by atoms with E-state index in [1.165, 1.54) is 33.1 Å². The van der Waals surface area contributed by atoms with Gasteiger partial charge in [0.05, 0.1) is 20.8 Å². The van der Waals surface area contributed by atoms with E-state index in [9.17, 15) is 22.4 Å². The van der Waals surface area contributed by atoms with Crippen molar-refractivity contribution >= 4 is 11.5 Å². The molecule has 0 saturated carbocycles. The first-order valence-corrected chi connectivity index (χ1v) is 8.11. The third-order valence-electron chi connectivity index (χ3n) is 4.62. The molecule has 0 spiro atoms. The number of alkyl halides is 3. The minimum Gasteiger partial charge on any atom is -0.494 e. The summed E-state index contributed by atoms with van der Waals surface area (Å²) in [5.74, 6) is -4.43. The van der Waals surface area contributed by atoms with E-state index in [-0.39, 0.29) is 29.2 Å². The number of ether oxygens (including phenoxy) is 4. The van der Waals surface area contributed by atoms with Gasteiger partial charge in [-0.25, -0.2) is 4.79 Å². The summed E-state index contributed by atoms with van der Waals surface area (Å²) in [5.41, 5.74) is -2.88. The molecule has 0 amide bonds. The summed E-state index contributed by atoms with van der Waals surface area (Å²) in [5, 5.41) is 0. The number of rotatable bonds is 5. The molecular weight excluding hydrogens is 372 g/mol. The average Bonchev–Trinajstić information content (AvgIpc) is 2.87.